The minimum absolute atomic E-state index is 0.0363. The van der Waals surface area contributed by atoms with E-state index in [-0.39, 0.29) is 11.3 Å². The summed E-state index contributed by atoms with van der Waals surface area (Å²) in [4.78, 5) is 33.7. The first-order chi connectivity index (χ1) is 10.0. The topological polar surface area (TPSA) is 133 Å². The average molecular weight is 310 g/mol. The number of nitro groups is 1. The van der Waals surface area contributed by atoms with Crippen LogP contribution in [0.15, 0.2) is 24.3 Å². The lowest BCUT2D eigenvalue weighted by Crippen LogP contribution is -2.39. The van der Waals surface area contributed by atoms with E-state index in [9.17, 15) is 24.8 Å². The lowest BCUT2D eigenvalue weighted by atomic mass is 9.92. The van der Waals surface area contributed by atoms with Crippen LogP contribution in [0.5, 0.6) is 0 Å². The lowest BCUT2D eigenvalue weighted by Gasteiger charge is -2.25. The van der Waals surface area contributed by atoms with Crippen molar-refractivity contribution in [3.05, 3.63) is 39.9 Å². The molecule has 0 saturated heterocycles. The van der Waals surface area contributed by atoms with Gasteiger partial charge in [0.15, 0.2) is 5.92 Å². The predicted octanol–water partition coefficient (Wildman–Crippen LogP) is 1.64. The Kier molecular flexibility index (Phi) is 5.21. The second-order valence-corrected chi connectivity index (χ2v) is 5.69. The standard InChI is InChI=1S/C14H18N2O6/c1-14(2,3)22-13(19)10(12(17)18)11(15)8-6-4-5-7-9(8)16(20)21/h4-7,10-11H,15H2,1-3H3,(H,17,18). The molecule has 0 aromatic heterocycles. The molecule has 3 N–H and O–H groups in total. The fraction of sp³-hybridized carbons (Fsp3) is 0.429. The van der Waals surface area contributed by atoms with Crippen LogP contribution >= 0.6 is 0 Å². The lowest BCUT2D eigenvalue weighted by molar-refractivity contribution is -0.385. The maximum absolute atomic E-state index is 12.0. The third-order valence-electron chi connectivity index (χ3n) is 2.78. The molecule has 2 atom stereocenters. The molecule has 22 heavy (non-hydrogen) atoms. The van der Waals surface area contributed by atoms with Crippen LogP contribution in [0.3, 0.4) is 0 Å². The van der Waals surface area contributed by atoms with Crippen LogP contribution in [0, 0.1) is 16.0 Å². The summed E-state index contributed by atoms with van der Waals surface area (Å²) >= 11 is 0. The van der Waals surface area contributed by atoms with Crippen molar-refractivity contribution in [1.82, 2.24) is 0 Å². The quantitative estimate of drug-likeness (QED) is 0.365. The van der Waals surface area contributed by atoms with Gasteiger partial charge in [0.2, 0.25) is 0 Å². The van der Waals surface area contributed by atoms with Crippen LogP contribution in [0.2, 0.25) is 0 Å². The summed E-state index contributed by atoms with van der Waals surface area (Å²) in [7, 11) is 0. The summed E-state index contributed by atoms with van der Waals surface area (Å²) in [6, 6.07) is 4.04. The van der Waals surface area contributed by atoms with Crippen LogP contribution in [0.1, 0.15) is 32.4 Å². The molecule has 0 amide bonds. The van der Waals surface area contributed by atoms with Crippen molar-refractivity contribution in [3.8, 4) is 0 Å². The minimum atomic E-state index is -1.74. The van der Waals surface area contributed by atoms with Crippen molar-refractivity contribution in [1.29, 1.82) is 0 Å². The molecule has 0 fully saturated rings. The molecule has 2 unspecified atom stereocenters. The molecule has 0 heterocycles. The number of ether oxygens (including phenoxy) is 1. The summed E-state index contributed by atoms with van der Waals surface area (Å²) in [5.41, 5.74) is 4.54. The highest BCUT2D eigenvalue weighted by atomic mass is 16.6. The second kappa shape index (κ2) is 6.52. The Morgan fingerprint density at radius 1 is 1.32 bits per heavy atom. The van der Waals surface area contributed by atoms with Gasteiger partial charge in [-0.1, -0.05) is 18.2 Å². The molecule has 0 aliphatic rings. The highest BCUT2D eigenvalue weighted by Gasteiger charge is 2.39. The molecule has 0 radical (unpaired) electrons. The van der Waals surface area contributed by atoms with Gasteiger partial charge >= 0.3 is 11.9 Å². The highest BCUT2D eigenvalue weighted by molar-refractivity contribution is 5.95. The van der Waals surface area contributed by atoms with Crippen LogP contribution in [0.4, 0.5) is 5.69 Å². The number of hydrogen-bond acceptors (Lipinski definition) is 6. The van der Waals surface area contributed by atoms with Crippen molar-refractivity contribution in [3.63, 3.8) is 0 Å². The Labute approximate surface area is 127 Å². The number of esters is 1. The summed E-state index contributed by atoms with van der Waals surface area (Å²) in [6.45, 7) is 4.75. The van der Waals surface area contributed by atoms with Crippen molar-refractivity contribution >= 4 is 17.6 Å². The van der Waals surface area contributed by atoms with E-state index in [1.165, 1.54) is 24.3 Å². The molecule has 8 nitrogen and oxygen atoms in total. The van der Waals surface area contributed by atoms with E-state index in [0.717, 1.165) is 0 Å². The van der Waals surface area contributed by atoms with Crippen LogP contribution in [0.25, 0.3) is 0 Å². The number of nitrogens with zero attached hydrogens (tertiary/aromatic N) is 1. The largest absolute Gasteiger partial charge is 0.481 e. The van der Waals surface area contributed by atoms with E-state index in [2.05, 4.69) is 0 Å². The molecule has 120 valence electrons. The third kappa shape index (κ3) is 4.26. The zero-order valence-electron chi connectivity index (χ0n) is 12.5. The normalized spacial score (nSPS) is 14.0. The molecule has 8 heteroatoms. The summed E-state index contributed by atoms with van der Waals surface area (Å²) in [5, 5.41) is 20.3. The molecule has 1 aromatic carbocycles. The van der Waals surface area contributed by atoms with E-state index in [1.807, 2.05) is 0 Å². The Morgan fingerprint density at radius 2 is 1.86 bits per heavy atom. The first-order valence-electron chi connectivity index (χ1n) is 6.49. The van der Waals surface area contributed by atoms with E-state index in [4.69, 9.17) is 10.5 Å². The zero-order valence-corrected chi connectivity index (χ0v) is 12.5. The van der Waals surface area contributed by atoms with Gasteiger partial charge in [-0.15, -0.1) is 0 Å². The number of carboxylic acids is 1. The van der Waals surface area contributed by atoms with Gasteiger partial charge in [-0.05, 0) is 20.8 Å². The van der Waals surface area contributed by atoms with Crippen molar-refractivity contribution in [2.75, 3.05) is 0 Å². The fourth-order valence-corrected chi connectivity index (χ4v) is 1.88. The van der Waals surface area contributed by atoms with E-state index < -0.39 is 34.4 Å². The summed E-state index contributed by atoms with van der Waals surface area (Å²) in [6.07, 6.45) is 0. The third-order valence-corrected chi connectivity index (χ3v) is 2.78. The molecule has 0 bridgehead atoms. The number of carbonyl (C=O) groups excluding carboxylic acids is 1. The van der Waals surface area contributed by atoms with Gasteiger partial charge in [-0.2, -0.15) is 0 Å². The molecule has 1 aromatic rings. The van der Waals surface area contributed by atoms with E-state index in [1.54, 1.807) is 20.8 Å². The predicted molar refractivity (Wildman–Crippen MR) is 77.0 cm³/mol. The number of benzene rings is 1. The Hall–Kier alpha value is -2.48. The van der Waals surface area contributed by atoms with Gasteiger partial charge in [0, 0.05) is 11.6 Å². The molecule has 0 aliphatic carbocycles. The number of hydrogen-bond donors (Lipinski definition) is 2. The van der Waals surface area contributed by atoms with E-state index >= 15 is 0 Å². The van der Waals surface area contributed by atoms with Crippen LogP contribution in [-0.4, -0.2) is 27.6 Å². The first-order valence-corrected chi connectivity index (χ1v) is 6.49. The van der Waals surface area contributed by atoms with Gasteiger partial charge in [0.25, 0.3) is 5.69 Å². The van der Waals surface area contributed by atoms with Crippen LogP contribution < -0.4 is 5.73 Å². The number of nitro benzene ring substituents is 1. The van der Waals surface area contributed by atoms with E-state index in [0.29, 0.717) is 0 Å². The number of aliphatic carboxylic acids is 1. The fourth-order valence-electron chi connectivity index (χ4n) is 1.88. The number of rotatable bonds is 5. The summed E-state index contributed by atoms with van der Waals surface area (Å²) < 4.78 is 5.03. The van der Waals surface area contributed by atoms with Crippen LogP contribution in [-0.2, 0) is 14.3 Å². The molecule has 0 saturated carbocycles. The monoisotopic (exact) mass is 310 g/mol. The van der Waals surface area contributed by atoms with Gasteiger partial charge in [-0.3, -0.25) is 19.7 Å². The number of carbonyl (C=O) groups is 2. The first kappa shape index (κ1) is 17.6. The molecule has 0 aliphatic heterocycles. The van der Waals surface area contributed by atoms with Crippen molar-refractivity contribution in [2.45, 2.75) is 32.4 Å². The smallest absolute Gasteiger partial charge is 0.322 e. The van der Waals surface area contributed by atoms with Gasteiger partial charge < -0.3 is 15.6 Å². The second-order valence-electron chi connectivity index (χ2n) is 5.69. The van der Waals surface area contributed by atoms with Crippen molar-refractivity contribution < 1.29 is 24.4 Å². The number of carboxylic acid groups (broad SMARTS) is 1. The molecular weight excluding hydrogens is 292 g/mol. The maximum Gasteiger partial charge on any atom is 0.322 e. The molecule has 1 rings (SSSR count). The Morgan fingerprint density at radius 3 is 2.32 bits per heavy atom. The number of para-hydroxylation sites is 1. The Bertz CT molecular complexity index is 593. The van der Waals surface area contributed by atoms with Gasteiger partial charge in [-0.25, -0.2) is 0 Å². The Balaban J connectivity index is 3.20. The van der Waals surface area contributed by atoms with Crippen molar-refractivity contribution in [2.24, 2.45) is 11.7 Å². The molecule has 0 spiro atoms. The number of nitrogens with two attached hydrogens (primary N) is 1. The van der Waals surface area contributed by atoms with Gasteiger partial charge in [0.05, 0.1) is 11.0 Å². The van der Waals surface area contributed by atoms with Gasteiger partial charge in [0.1, 0.15) is 5.60 Å². The zero-order chi connectivity index (χ0) is 17.1. The summed E-state index contributed by atoms with van der Waals surface area (Å²) in [5.74, 6) is -4.27. The maximum atomic E-state index is 12.0. The highest BCUT2D eigenvalue weighted by Crippen LogP contribution is 2.30. The molecular formula is C14H18N2O6. The SMILES string of the molecule is CC(C)(C)OC(=O)C(C(=O)O)C(N)c1ccccc1[N+](=O)[O-]. The minimum Gasteiger partial charge on any atom is -0.481 e. The average Bonchev–Trinajstić information content (AvgIpc) is 2.35.